The average Bonchev–Trinajstić information content (AvgIpc) is 3.26. The van der Waals surface area contributed by atoms with Gasteiger partial charge in [-0.05, 0) is 30.5 Å². The fourth-order valence-electron chi connectivity index (χ4n) is 2.34. The minimum atomic E-state index is -0.00330. The fraction of sp³-hybridized carbons (Fsp3) is 0.267. The van der Waals surface area contributed by atoms with Gasteiger partial charge in [-0.25, -0.2) is 0 Å². The maximum atomic E-state index is 12.3. The van der Waals surface area contributed by atoms with Gasteiger partial charge < -0.3 is 10.2 Å². The molecule has 0 radical (unpaired) electrons. The highest BCUT2D eigenvalue weighted by Gasteiger charge is 2.38. The highest BCUT2D eigenvalue weighted by Crippen LogP contribution is 2.35. The number of anilines is 1. The number of amides is 1. The molecule has 2 aliphatic rings. The minimum absolute atomic E-state index is 0.00330. The van der Waals surface area contributed by atoms with Gasteiger partial charge >= 0.3 is 0 Å². The lowest BCUT2D eigenvalue weighted by atomic mass is 10.1. The second-order valence-corrected chi connectivity index (χ2v) is 4.96. The van der Waals surface area contributed by atoms with Crippen molar-refractivity contribution in [1.82, 2.24) is 4.90 Å². The third kappa shape index (κ3) is 2.10. The number of hydrogen-bond acceptors (Lipinski definition) is 4. The van der Waals surface area contributed by atoms with Crippen molar-refractivity contribution in [2.75, 3.05) is 5.32 Å². The first-order chi connectivity index (χ1) is 9.72. The maximum absolute atomic E-state index is 12.3. The Bertz CT molecular complexity index is 673. The first kappa shape index (κ1) is 12.3. The normalized spacial score (nSPS) is 16.1. The summed E-state index contributed by atoms with van der Waals surface area (Å²) in [6.45, 7) is 0.691. The van der Waals surface area contributed by atoms with Crippen molar-refractivity contribution in [2.45, 2.75) is 25.4 Å². The Morgan fingerprint density at radius 1 is 1.35 bits per heavy atom. The van der Waals surface area contributed by atoms with Crippen LogP contribution in [0.1, 0.15) is 28.8 Å². The van der Waals surface area contributed by atoms with Crippen molar-refractivity contribution >= 4 is 11.6 Å². The number of hydrogen-bond donors (Lipinski definition) is 1. The second-order valence-electron chi connectivity index (χ2n) is 4.96. The van der Waals surface area contributed by atoms with E-state index in [9.17, 15) is 4.79 Å². The van der Waals surface area contributed by atoms with Gasteiger partial charge in [-0.3, -0.25) is 4.79 Å². The number of carbonyl (C=O) groups excluding carboxylic acids is 1. The highest BCUT2D eigenvalue weighted by molar-refractivity contribution is 5.99. The Kier molecular flexibility index (Phi) is 2.89. The van der Waals surface area contributed by atoms with Gasteiger partial charge in [-0.15, -0.1) is 0 Å². The Balaban J connectivity index is 1.82. The number of rotatable bonds is 3. The summed E-state index contributed by atoms with van der Waals surface area (Å²) >= 11 is 0. The largest absolute Gasteiger partial charge is 0.360 e. The monoisotopic (exact) mass is 264 g/mol. The van der Waals surface area contributed by atoms with Crippen molar-refractivity contribution in [3.63, 3.8) is 0 Å². The molecule has 5 nitrogen and oxygen atoms in total. The Hall–Kier alpha value is -2.79. The van der Waals surface area contributed by atoms with Gasteiger partial charge in [-0.2, -0.15) is 10.5 Å². The van der Waals surface area contributed by atoms with E-state index in [1.54, 1.807) is 18.2 Å². The zero-order valence-electron chi connectivity index (χ0n) is 10.8. The van der Waals surface area contributed by atoms with E-state index in [4.69, 9.17) is 10.5 Å². The van der Waals surface area contributed by atoms with E-state index in [2.05, 4.69) is 5.32 Å². The molecule has 1 fully saturated rings. The van der Waals surface area contributed by atoms with Crippen LogP contribution in [0.2, 0.25) is 0 Å². The summed E-state index contributed by atoms with van der Waals surface area (Å²) in [6, 6.07) is 9.52. The van der Waals surface area contributed by atoms with Crippen molar-refractivity contribution in [1.29, 1.82) is 10.5 Å². The lowest BCUT2D eigenvalue weighted by molar-refractivity contribution is 0.0766. The molecule has 0 bridgehead atoms. The summed E-state index contributed by atoms with van der Waals surface area (Å²) in [5.41, 5.74) is 2.46. The molecule has 1 saturated carbocycles. The summed E-state index contributed by atoms with van der Waals surface area (Å²) in [6.07, 6.45) is 3.54. The summed E-state index contributed by atoms with van der Waals surface area (Å²) < 4.78 is 0. The molecule has 1 heterocycles. The van der Waals surface area contributed by atoms with E-state index in [-0.39, 0.29) is 11.5 Å². The summed E-state index contributed by atoms with van der Waals surface area (Å²) in [4.78, 5) is 14.2. The van der Waals surface area contributed by atoms with Gasteiger partial charge in [0.1, 0.15) is 17.7 Å². The molecule has 0 saturated heterocycles. The van der Waals surface area contributed by atoms with Gasteiger partial charge in [0, 0.05) is 30.0 Å². The van der Waals surface area contributed by atoms with Crippen LogP contribution in [0, 0.1) is 22.7 Å². The number of allylic oxidation sites excluding steroid dienone is 1. The van der Waals surface area contributed by atoms with Crippen LogP contribution in [0.25, 0.3) is 0 Å². The zero-order valence-corrected chi connectivity index (χ0v) is 10.8. The number of nitrogens with one attached hydrogen (secondary N) is 1. The molecular weight excluding hydrogens is 252 g/mol. The maximum Gasteiger partial charge on any atom is 0.254 e. The Labute approximate surface area is 116 Å². The second kappa shape index (κ2) is 4.71. The molecule has 1 N–H and O–H groups in total. The fourth-order valence-corrected chi connectivity index (χ4v) is 2.34. The third-order valence-electron chi connectivity index (χ3n) is 3.55. The van der Waals surface area contributed by atoms with E-state index in [1.807, 2.05) is 17.0 Å². The van der Waals surface area contributed by atoms with Crippen molar-refractivity contribution < 1.29 is 4.79 Å². The number of fused-ring (bicyclic) bond motifs is 1. The predicted molar refractivity (Wildman–Crippen MR) is 72.3 cm³/mol. The number of benzene rings is 1. The average molecular weight is 264 g/mol. The minimum Gasteiger partial charge on any atom is -0.360 e. The Morgan fingerprint density at radius 2 is 2.10 bits per heavy atom. The van der Waals surface area contributed by atoms with Crippen LogP contribution in [0.3, 0.4) is 0 Å². The molecule has 0 atom stereocenters. The van der Waals surface area contributed by atoms with Gasteiger partial charge in [0.15, 0.2) is 0 Å². The number of nitrogens with zero attached hydrogens (tertiary/aromatic N) is 3. The van der Waals surface area contributed by atoms with Crippen LogP contribution in [-0.4, -0.2) is 16.8 Å². The number of carbonyl (C=O) groups is 1. The lowest BCUT2D eigenvalue weighted by Crippen LogP contribution is -2.25. The molecule has 1 aromatic rings. The Morgan fingerprint density at radius 3 is 2.75 bits per heavy atom. The molecule has 1 aliphatic heterocycles. The SMILES string of the molecule is N#CC(C#N)=CNc1ccc2c(c1)C(=O)N(C1CC1)C2. The molecule has 20 heavy (non-hydrogen) atoms. The molecule has 1 amide bonds. The first-order valence-electron chi connectivity index (χ1n) is 6.43. The van der Waals surface area contributed by atoms with Gasteiger partial charge in [0.05, 0.1) is 0 Å². The predicted octanol–water partition coefficient (Wildman–Crippen LogP) is 2.15. The van der Waals surface area contributed by atoms with E-state index in [0.29, 0.717) is 23.8 Å². The smallest absolute Gasteiger partial charge is 0.254 e. The van der Waals surface area contributed by atoms with Gasteiger partial charge in [0.2, 0.25) is 0 Å². The summed E-state index contributed by atoms with van der Waals surface area (Å²) in [7, 11) is 0. The van der Waals surface area contributed by atoms with Crippen LogP contribution < -0.4 is 5.32 Å². The molecule has 0 aromatic heterocycles. The zero-order chi connectivity index (χ0) is 14.1. The van der Waals surface area contributed by atoms with Crippen LogP contribution in [-0.2, 0) is 6.54 Å². The molecule has 0 spiro atoms. The van der Waals surface area contributed by atoms with E-state index >= 15 is 0 Å². The molecule has 98 valence electrons. The molecular formula is C15H12N4O. The molecule has 1 aromatic carbocycles. The van der Waals surface area contributed by atoms with Crippen molar-refractivity contribution in [2.24, 2.45) is 0 Å². The lowest BCUT2D eigenvalue weighted by Gasteiger charge is -2.13. The molecule has 5 heteroatoms. The van der Waals surface area contributed by atoms with Gasteiger partial charge in [-0.1, -0.05) is 6.07 Å². The highest BCUT2D eigenvalue weighted by atomic mass is 16.2. The van der Waals surface area contributed by atoms with Crippen LogP contribution in [0.15, 0.2) is 30.0 Å². The van der Waals surface area contributed by atoms with Crippen LogP contribution >= 0.6 is 0 Å². The standard InChI is InChI=1S/C15H12N4O/c16-6-10(7-17)8-18-12-2-1-11-9-19(13-3-4-13)15(20)14(11)5-12/h1-2,5,8,13,18H,3-4,9H2. The summed E-state index contributed by atoms with van der Waals surface area (Å²) in [5, 5.41) is 20.2. The third-order valence-corrected chi connectivity index (χ3v) is 3.55. The van der Waals surface area contributed by atoms with Crippen LogP contribution in [0.4, 0.5) is 5.69 Å². The molecule has 3 rings (SSSR count). The van der Waals surface area contributed by atoms with Crippen molar-refractivity contribution in [3.05, 3.63) is 41.1 Å². The van der Waals surface area contributed by atoms with E-state index in [1.165, 1.54) is 6.20 Å². The molecule has 0 unspecified atom stereocenters. The van der Waals surface area contributed by atoms with E-state index < -0.39 is 0 Å². The van der Waals surface area contributed by atoms with Crippen molar-refractivity contribution in [3.8, 4) is 12.1 Å². The topological polar surface area (TPSA) is 79.9 Å². The summed E-state index contributed by atoms with van der Waals surface area (Å²) in [5.74, 6) is 0.0796. The first-order valence-corrected chi connectivity index (χ1v) is 6.43. The van der Waals surface area contributed by atoms with Gasteiger partial charge in [0.25, 0.3) is 5.91 Å². The number of nitriles is 2. The quantitative estimate of drug-likeness (QED) is 0.848. The molecule has 1 aliphatic carbocycles. The van der Waals surface area contributed by atoms with E-state index in [0.717, 1.165) is 18.4 Å². The van der Waals surface area contributed by atoms with Crippen LogP contribution in [0.5, 0.6) is 0 Å².